The van der Waals surface area contributed by atoms with Gasteiger partial charge in [-0.25, -0.2) is 0 Å². The summed E-state index contributed by atoms with van der Waals surface area (Å²) in [5.74, 6) is -0.982. The fraction of sp³-hybridized carbons (Fsp3) is 0.316. The lowest BCUT2D eigenvalue weighted by Crippen LogP contribution is -2.47. The van der Waals surface area contributed by atoms with Crippen molar-refractivity contribution in [2.45, 2.75) is 19.9 Å². The summed E-state index contributed by atoms with van der Waals surface area (Å²) in [6.45, 7) is 3.66. The van der Waals surface area contributed by atoms with Gasteiger partial charge in [0, 0.05) is 25.3 Å². The Hall–Kier alpha value is -3.09. The molecule has 2 rings (SSSR count). The van der Waals surface area contributed by atoms with Gasteiger partial charge in [-0.05, 0) is 36.2 Å². The maximum absolute atomic E-state index is 12.6. The number of benzene rings is 1. The highest BCUT2D eigenvalue weighted by Gasteiger charge is 2.25. The van der Waals surface area contributed by atoms with Crippen LogP contribution in [0.3, 0.4) is 0 Å². The molecular weight excluding hydrogens is 334 g/mol. The average Bonchev–Trinajstić information content (AvgIpc) is 3.13. The van der Waals surface area contributed by atoms with E-state index in [1.54, 1.807) is 44.4 Å². The molecule has 7 nitrogen and oxygen atoms in total. The molecule has 0 aliphatic heterocycles. The van der Waals surface area contributed by atoms with Crippen LogP contribution in [0, 0.1) is 5.92 Å². The van der Waals surface area contributed by atoms with Crippen molar-refractivity contribution in [2.24, 2.45) is 5.92 Å². The average molecular weight is 357 g/mol. The molecule has 0 aliphatic rings. The topological polar surface area (TPSA) is 91.6 Å². The molecule has 0 spiro atoms. The van der Waals surface area contributed by atoms with Crippen molar-refractivity contribution < 1.29 is 18.8 Å². The Balaban J connectivity index is 2.11. The fourth-order valence-electron chi connectivity index (χ4n) is 2.36. The maximum Gasteiger partial charge on any atom is 0.287 e. The van der Waals surface area contributed by atoms with Gasteiger partial charge in [-0.15, -0.1) is 0 Å². The molecule has 0 saturated heterocycles. The van der Waals surface area contributed by atoms with Gasteiger partial charge in [-0.1, -0.05) is 19.9 Å². The van der Waals surface area contributed by atoms with Gasteiger partial charge < -0.3 is 20.0 Å². The normalized spacial score (nSPS) is 11.7. The summed E-state index contributed by atoms with van der Waals surface area (Å²) in [6, 6.07) is 9.05. The summed E-state index contributed by atoms with van der Waals surface area (Å²) in [4.78, 5) is 38.3. The number of nitrogens with one attached hydrogen (secondary N) is 2. The minimum absolute atomic E-state index is 0.138. The molecule has 2 aromatic rings. The molecular formula is C19H23N3O4. The molecule has 3 amide bonds. The zero-order valence-corrected chi connectivity index (χ0v) is 15.3. The lowest BCUT2D eigenvalue weighted by Gasteiger charge is -2.21. The number of carbonyl (C=O) groups is 3. The van der Waals surface area contributed by atoms with Crippen molar-refractivity contribution in [3.05, 3.63) is 54.0 Å². The van der Waals surface area contributed by atoms with E-state index < -0.39 is 11.9 Å². The van der Waals surface area contributed by atoms with Crippen LogP contribution in [-0.2, 0) is 4.79 Å². The molecule has 1 aromatic heterocycles. The Morgan fingerprint density at radius 2 is 1.81 bits per heavy atom. The van der Waals surface area contributed by atoms with Gasteiger partial charge in [0.2, 0.25) is 5.91 Å². The number of carbonyl (C=O) groups excluding carboxylic acids is 3. The van der Waals surface area contributed by atoms with Crippen LogP contribution in [0.25, 0.3) is 0 Å². The van der Waals surface area contributed by atoms with E-state index in [0.717, 1.165) is 0 Å². The first kappa shape index (κ1) is 19.2. The molecule has 1 unspecified atom stereocenters. The van der Waals surface area contributed by atoms with Crippen LogP contribution >= 0.6 is 0 Å². The Bertz CT molecular complexity index is 782. The largest absolute Gasteiger partial charge is 0.459 e. The lowest BCUT2D eigenvalue weighted by atomic mass is 10.0. The van der Waals surface area contributed by atoms with Crippen molar-refractivity contribution in [3.63, 3.8) is 0 Å². The zero-order chi connectivity index (χ0) is 19.3. The van der Waals surface area contributed by atoms with E-state index in [4.69, 9.17) is 4.42 Å². The standard InChI is InChI=1S/C19H23N3O4/c1-12(2)16(21-17(23)15-9-6-10-26-15)18(24)20-14-8-5-7-13(11-14)19(25)22(3)4/h5-12,16H,1-4H3,(H,20,24)(H,21,23). The molecule has 0 saturated carbocycles. The highest BCUT2D eigenvalue weighted by Crippen LogP contribution is 2.14. The third-order valence-corrected chi connectivity index (χ3v) is 3.76. The molecule has 1 aromatic carbocycles. The highest BCUT2D eigenvalue weighted by molar-refractivity contribution is 6.01. The Labute approximate surface area is 152 Å². The van der Waals surface area contributed by atoms with Crippen LogP contribution in [0.1, 0.15) is 34.8 Å². The van der Waals surface area contributed by atoms with Crippen LogP contribution < -0.4 is 10.6 Å². The second-order valence-electron chi connectivity index (χ2n) is 6.44. The first-order chi connectivity index (χ1) is 12.3. The van der Waals surface area contributed by atoms with Gasteiger partial charge in [-0.3, -0.25) is 14.4 Å². The van der Waals surface area contributed by atoms with Gasteiger partial charge in [0.1, 0.15) is 6.04 Å². The van der Waals surface area contributed by atoms with Crippen LogP contribution in [-0.4, -0.2) is 42.8 Å². The summed E-state index contributed by atoms with van der Waals surface area (Å²) >= 11 is 0. The molecule has 0 radical (unpaired) electrons. The Morgan fingerprint density at radius 1 is 1.08 bits per heavy atom. The predicted molar refractivity (Wildman–Crippen MR) is 97.9 cm³/mol. The minimum Gasteiger partial charge on any atom is -0.459 e. The monoisotopic (exact) mass is 357 g/mol. The van der Waals surface area contributed by atoms with Crippen molar-refractivity contribution in [3.8, 4) is 0 Å². The van der Waals surface area contributed by atoms with Gasteiger partial charge in [-0.2, -0.15) is 0 Å². The summed E-state index contributed by atoms with van der Waals surface area (Å²) < 4.78 is 5.05. The molecule has 138 valence electrons. The van der Waals surface area contributed by atoms with Crippen molar-refractivity contribution in [2.75, 3.05) is 19.4 Å². The molecule has 2 N–H and O–H groups in total. The van der Waals surface area contributed by atoms with Crippen LogP contribution in [0.2, 0.25) is 0 Å². The number of amides is 3. The fourth-order valence-corrected chi connectivity index (χ4v) is 2.36. The number of anilines is 1. The van der Waals surface area contributed by atoms with Crippen LogP contribution in [0.4, 0.5) is 5.69 Å². The van der Waals surface area contributed by atoms with Crippen molar-refractivity contribution in [1.82, 2.24) is 10.2 Å². The number of hydrogen-bond donors (Lipinski definition) is 2. The summed E-state index contributed by atoms with van der Waals surface area (Å²) in [6.07, 6.45) is 1.40. The summed E-state index contributed by atoms with van der Waals surface area (Å²) in [7, 11) is 3.32. The highest BCUT2D eigenvalue weighted by atomic mass is 16.3. The van der Waals surface area contributed by atoms with Crippen molar-refractivity contribution in [1.29, 1.82) is 0 Å². The van der Waals surface area contributed by atoms with Crippen LogP contribution in [0.15, 0.2) is 47.1 Å². The van der Waals surface area contributed by atoms with E-state index in [1.807, 2.05) is 13.8 Å². The smallest absolute Gasteiger partial charge is 0.287 e. The van der Waals surface area contributed by atoms with E-state index in [0.29, 0.717) is 11.3 Å². The molecule has 26 heavy (non-hydrogen) atoms. The van der Waals surface area contributed by atoms with Gasteiger partial charge >= 0.3 is 0 Å². The van der Waals surface area contributed by atoms with Gasteiger partial charge in [0.05, 0.1) is 6.26 Å². The van der Waals surface area contributed by atoms with E-state index in [1.165, 1.54) is 17.2 Å². The van der Waals surface area contributed by atoms with Crippen molar-refractivity contribution >= 4 is 23.4 Å². The van der Waals surface area contributed by atoms with Gasteiger partial charge in [0.15, 0.2) is 5.76 Å². The lowest BCUT2D eigenvalue weighted by molar-refractivity contribution is -0.118. The van der Waals surface area contributed by atoms with E-state index >= 15 is 0 Å². The van der Waals surface area contributed by atoms with E-state index in [-0.39, 0.29) is 23.5 Å². The number of hydrogen-bond acceptors (Lipinski definition) is 4. The third kappa shape index (κ3) is 4.72. The summed E-state index contributed by atoms with van der Waals surface area (Å²) in [5.41, 5.74) is 0.953. The molecule has 7 heteroatoms. The second-order valence-corrected chi connectivity index (χ2v) is 6.44. The number of rotatable bonds is 6. The minimum atomic E-state index is -0.749. The number of nitrogens with zero attached hydrogens (tertiary/aromatic N) is 1. The number of furan rings is 1. The van der Waals surface area contributed by atoms with E-state index in [9.17, 15) is 14.4 Å². The first-order valence-corrected chi connectivity index (χ1v) is 8.26. The second kappa shape index (κ2) is 8.33. The van der Waals surface area contributed by atoms with E-state index in [2.05, 4.69) is 10.6 Å². The maximum atomic E-state index is 12.6. The zero-order valence-electron chi connectivity index (χ0n) is 15.3. The molecule has 0 aliphatic carbocycles. The summed E-state index contributed by atoms with van der Waals surface area (Å²) in [5, 5.41) is 5.43. The Kier molecular flexibility index (Phi) is 6.16. The molecule has 1 heterocycles. The third-order valence-electron chi connectivity index (χ3n) is 3.76. The molecule has 1 atom stereocenters. The van der Waals surface area contributed by atoms with Gasteiger partial charge in [0.25, 0.3) is 11.8 Å². The van der Waals surface area contributed by atoms with Crippen LogP contribution in [0.5, 0.6) is 0 Å². The predicted octanol–water partition coefficient (Wildman–Crippen LogP) is 2.37. The SMILES string of the molecule is CC(C)C(NC(=O)c1ccco1)C(=O)Nc1cccc(C(=O)N(C)C)c1. The molecule has 0 fully saturated rings. The first-order valence-electron chi connectivity index (χ1n) is 8.26. The molecule has 0 bridgehead atoms. The Morgan fingerprint density at radius 3 is 2.38 bits per heavy atom. The quantitative estimate of drug-likeness (QED) is 0.830.